The Bertz CT molecular complexity index is 134. The maximum atomic E-state index is 2.37. The molecule has 0 aromatic carbocycles. The number of unbranched alkanes of at least 4 members (excludes halogenated alkanes) is 1. The number of hydrogen-bond acceptors (Lipinski definition) is 2. The van der Waals surface area contributed by atoms with E-state index in [4.69, 9.17) is 0 Å². The van der Waals surface area contributed by atoms with Crippen molar-refractivity contribution in [1.82, 2.24) is 0 Å². The van der Waals surface area contributed by atoms with Gasteiger partial charge in [0, 0.05) is 0 Å². The van der Waals surface area contributed by atoms with E-state index in [9.17, 15) is 0 Å². The summed E-state index contributed by atoms with van der Waals surface area (Å²) in [5, 5.41) is 0.764. The molecule has 0 aliphatic carbocycles. The van der Waals surface area contributed by atoms with Crippen molar-refractivity contribution in [3.8, 4) is 0 Å². The lowest BCUT2D eigenvalue weighted by Crippen LogP contribution is -2.12. The summed E-state index contributed by atoms with van der Waals surface area (Å²) in [5.74, 6) is 6.35. The van der Waals surface area contributed by atoms with Crippen LogP contribution in [0, 0.1) is 11.8 Å². The van der Waals surface area contributed by atoms with Gasteiger partial charge in [0.1, 0.15) is 0 Å². The summed E-state index contributed by atoms with van der Waals surface area (Å²) in [6, 6.07) is 0. The molecule has 0 amide bonds. The second kappa shape index (κ2) is 9.89. The Morgan fingerprint density at radius 3 is 2.40 bits per heavy atom. The first-order valence-electron chi connectivity index (χ1n) is 6.09. The minimum atomic E-state index is 0.764. The third-order valence-electron chi connectivity index (χ3n) is 2.50. The molecule has 0 spiro atoms. The van der Waals surface area contributed by atoms with Crippen molar-refractivity contribution in [2.24, 2.45) is 5.92 Å². The lowest BCUT2D eigenvalue weighted by molar-refractivity contribution is 0.685. The molecule has 0 bridgehead atoms. The molecule has 0 aromatic rings. The molecule has 0 saturated carbocycles. The molecule has 1 atom stereocenters. The standard InChI is InChI=1S/C13H27S2/c1-6-7-8-14-9-12(4)13(5)10-15-11(2)3/h11-12H,6-10H2,1-5H3. The molecular weight excluding hydrogens is 220 g/mol. The van der Waals surface area contributed by atoms with E-state index in [1.807, 2.05) is 0 Å². The van der Waals surface area contributed by atoms with Crippen LogP contribution in [0.15, 0.2) is 0 Å². The molecule has 0 aliphatic heterocycles. The van der Waals surface area contributed by atoms with Crippen LogP contribution < -0.4 is 0 Å². The molecule has 1 unspecified atom stereocenters. The molecule has 0 heterocycles. The fourth-order valence-corrected chi connectivity index (χ4v) is 3.27. The van der Waals surface area contributed by atoms with Gasteiger partial charge in [-0.3, -0.25) is 0 Å². The van der Waals surface area contributed by atoms with Crippen LogP contribution >= 0.6 is 23.5 Å². The lowest BCUT2D eigenvalue weighted by atomic mass is 10.0. The van der Waals surface area contributed by atoms with E-state index in [2.05, 4.69) is 58.1 Å². The summed E-state index contributed by atoms with van der Waals surface area (Å²) in [6.45, 7) is 11.5. The minimum Gasteiger partial charge on any atom is -0.162 e. The van der Waals surface area contributed by atoms with Crippen molar-refractivity contribution in [2.45, 2.75) is 52.7 Å². The first-order chi connectivity index (χ1) is 7.07. The molecule has 1 radical (unpaired) electrons. The Labute approximate surface area is 105 Å². The number of thioether (sulfide) groups is 2. The topological polar surface area (TPSA) is 0 Å². The Kier molecular flexibility index (Phi) is 10.4. The van der Waals surface area contributed by atoms with E-state index in [1.165, 1.54) is 30.1 Å². The first-order valence-corrected chi connectivity index (χ1v) is 8.29. The van der Waals surface area contributed by atoms with Crippen LogP contribution in [-0.2, 0) is 0 Å². The Morgan fingerprint density at radius 1 is 1.20 bits per heavy atom. The van der Waals surface area contributed by atoms with Crippen molar-refractivity contribution in [2.75, 3.05) is 17.3 Å². The average Bonchev–Trinajstić information content (AvgIpc) is 2.20. The van der Waals surface area contributed by atoms with Gasteiger partial charge in [-0.1, -0.05) is 41.0 Å². The Hall–Kier alpha value is 0.700. The third kappa shape index (κ3) is 9.62. The fraction of sp³-hybridized carbons (Fsp3) is 0.923. The molecule has 0 aliphatic rings. The molecule has 0 aromatic heterocycles. The second-order valence-electron chi connectivity index (χ2n) is 4.54. The molecule has 0 N–H and O–H groups in total. The highest BCUT2D eigenvalue weighted by atomic mass is 32.2. The number of rotatable bonds is 9. The summed E-state index contributed by atoms with van der Waals surface area (Å²) in [7, 11) is 0. The van der Waals surface area contributed by atoms with Gasteiger partial charge in [0.2, 0.25) is 0 Å². The van der Waals surface area contributed by atoms with Gasteiger partial charge in [0.05, 0.1) is 0 Å². The van der Waals surface area contributed by atoms with Gasteiger partial charge in [0.15, 0.2) is 0 Å². The monoisotopic (exact) mass is 247 g/mol. The molecule has 0 rings (SSSR count). The second-order valence-corrected chi connectivity index (χ2v) is 7.25. The van der Waals surface area contributed by atoms with Crippen LogP contribution in [0.2, 0.25) is 0 Å². The van der Waals surface area contributed by atoms with E-state index in [-0.39, 0.29) is 0 Å². The smallest absolute Gasteiger partial charge is 0.000240 e. The molecule has 2 heteroatoms. The highest BCUT2D eigenvalue weighted by molar-refractivity contribution is 8.00. The Morgan fingerprint density at radius 2 is 1.87 bits per heavy atom. The number of hydrogen-bond donors (Lipinski definition) is 0. The summed E-state index contributed by atoms with van der Waals surface area (Å²) in [6.07, 6.45) is 2.70. The molecule has 0 nitrogen and oxygen atoms in total. The van der Waals surface area contributed by atoms with Crippen LogP contribution in [0.25, 0.3) is 0 Å². The highest BCUT2D eigenvalue weighted by Crippen LogP contribution is 2.24. The maximum Gasteiger partial charge on any atom is -0.000240 e. The largest absolute Gasteiger partial charge is 0.162 e. The van der Waals surface area contributed by atoms with E-state index < -0.39 is 0 Å². The van der Waals surface area contributed by atoms with Gasteiger partial charge in [0.25, 0.3) is 0 Å². The van der Waals surface area contributed by atoms with Crippen molar-refractivity contribution >= 4 is 23.5 Å². The van der Waals surface area contributed by atoms with E-state index >= 15 is 0 Å². The third-order valence-corrected chi connectivity index (χ3v) is 5.10. The van der Waals surface area contributed by atoms with Gasteiger partial charge < -0.3 is 0 Å². The van der Waals surface area contributed by atoms with Crippen molar-refractivity contribution < 1.29 is 0 Å². The van der Waals surface area contributed by atoms with Crippen LogP contribution in [0.5, 0.6) is 0 Å². The van der Waals surface area contributed by atoms with Gasteiger partial charge in [-0.05, 0) is 40.8 Å². The molecule has 0 saturated heterocycles. The van der Waals surface area contributed by atoms with E-state index in [1.54, 1.807) is 5.92 Å². The maximum absolute atomic E-state index is 2.37. The first kappa shape index (κ1) is 15.7. The quantitative estimate of drug-likeness (QED) is 0.532. The summed E-state index contributed by atoms with van der Waals surface area (Å²) < 4.78 is 0. The van der Waals surface area contributed by atoms with Crippen LogP contribution in [0.3, 0.4) is 0 Å². The average molecular weight is 247 g/mol. The predicted octanol–water partition coefficient (Wildman–Crippen LogP) is 4.89. The molecule has 15 heavy (non-hydrogen) atoms. The summed E-state index contributed by atoms with van der Waals surface area (Å²) in [4.78, 5) is 0. The van der Waals surface area contributed by atoms with E-state index in [0.29, 0.717) is 0 Å². The Balaban J connectivity index is 3.46. The summed E-state index contributed by atoms with van der Waals surface area (Å²) >= 11 is 4.18. The zero-order chi connectivity index (χ0) is 11.7. The molecular formula is C13H27S2. The van der Waals surface area contributed by atoms with Crippen LogP contribution in [0.4, 0.5) is 0 Å². The van der Waals surface area contributed by atoms with Crippen LogP contribution in [0.1, 0.15) is 47.5 Å². The zero-order valence-electron chi connectivity index (χ0n) is 11.0. The van der Waals surface area contributed by atoms with Gasteiger partial charge in [-0.15, -0.1) is 0 Å². The van der Waals surface area contributed by atoms with Gasteiger partial charge in [-0.2, -0.15) is 23.5 Å². The zero-order valence-corrected chi connectivity index (χ0v) is 12.6. The molecule has 91 valence electrons. The van der Waals surface area contributed by atoms with Crippen molar-refractivity contribution in [3.05, 3.63) is 5.92 Å². The SMILES string of the molecule is CCCCSCC(C)[C](C)CSC(C)C. The lowest BCUT2D eigenvalue weighted by Gasteiger charge is -2.19. The predicted molar refractivity (Wildman–Crippen MR) is 77.9 cm³/mol. The van der Waals surface area contributed by atoms with Gasteiger partial charge >= 0.3 is 0 Å². The van der Waals surface area contributed by atoms with E-state index in [0.717, 1.165) is 11.2 Å². The molecule has 0 fully saturated rings. The minimum absolute atomic E-state index is 0.764. The van der Waals surface area contributed by atoms with Gasteiger partial charge in [-0.25, -0.2) is 0 Å². The fourth-order valence-electron chi connectivity index (χ4n) is 1.09. The highest BCUT2D eigenvalue weighted by Gasteiger charge is 2.13. The van der Waals surface area contributed by atoms with Crippen LogP contribution in [-0.4, -0.2) is 22.5 Å². The summed E-state index contributed by atoms with van der Waals surface area (Å²) in [5.41, 5.74) is 0. The normalized spacial score (nSPS) is 13.8. The van der Waals surface area contributed by atoms with Crippen molar-refractivity contribution in [1.29, 1.82) is 0 Å². The van der Waals surface area contributed by atoms with Crippen molar-refractivity contribution in [3.63, 3.8) is 0 Å².